The van der Waals surface area contributed by atoms with Gasteiger partial charge >= 0.3 is 0 Å². The maximum Gasteiger partial charge on any atom is 0.191 e. The van der Waals surface area contributed by atoms with E-state index in [0.717, 1.165) is 16.7 Å². The lowest BCUT2D eigenvalue weighted by molar-refractivity contribution is 0.626. The van der Waals surface area contributed by atoms with Gasteiger partial charge in [-0.1, -0.05) is 18.7 Å². The molecule has 2 N–H and O–H groups in total. The van der Waals surface area contributed by atoms with Gasteiger partial charge in [0.2, 0.25) is 0 Å². The van der Waals surface area contributed by atoms with Gasteiger partial charge in [0.05, 0.1) is 6.54 Å². The van der Waals surface area contributed by atoms with Gasteiger partial charge in [-0.3, -0.25) is 0 Å². The van der Waals surface area contributed by atoms with Crippen molar-refractivity contribution < 1.29 is 0 Å². The average Bonchev–Trinajstić information content (AvgIpc) is 2.96. The van der Waals surface area contributed by atoms with Crippen molar-refractivity contribution in [3.63, 3.8) is 0 Å². The molecule has 0 bridgehead atoms. The second-order valence-electron chi connectivity index (χ2n) is 3.55. The molecule has 0 aromatic carbocycles. The van der Waals surface area contributed by atoms with Gasteiger partial charge in [0, 0.05) is 11.8 Å². The first-order valence-electron chi connectivity index (χ1n) is 5.13. The van der Waals surface area contributed by atoms with E-state index in [1.807, 2.05) is 0 Å². The standard InChI is InChI=1S/C9H16N4S/c1-2-5-14-9-12-11-8(6-10)13(9)7-3-4-7/h7H,2-6,10H2,1H3. The van der Waals surface area contributed by atoms with Crippen molar-refractivity contribution in [1.82, 2.24) is 14.8 Å². The zero-order valence-electron chi connectivity index (χ0n) is 8.44. The Morgan fingerprint density at radius 1 is 1.50 bits per heavy atom. The Hall–Kier alpha value is -0.550. The molecule has 0 spiro atoms. The normalized spacial score (nSPS) is 16.1. The Kier molecular flexibility index (Phi) is 3.08. The van der Waals surface area contributed by atoms with Crippen LogP contribution in [0.4, 0.5) is 0 Å². The van der Waals surface area contributed by atoms with Crippen LogP contribution in [0, 0.1) is 0 Å². The van der Waals surface area contributed by atoms with Crippen molar-refractivity contribution in [2.24, 2.45) is 5.73 Å². The summed E-state index contributed by atoms with van der Waals surface area (Å²) in [6, 6.07) is 0.628. The number of hydrogen-bond donors (Lipinski definition) is 1. The molecule has 4 nitrogen and oxygen atoms in total. The quantitative estimate of drug-likeness (QED) is 0.753. The van der Waals surface area contributed by atoms with Gasteiger partial charge in [-0.25, -0.2) is 0 Å². The fourth-order valence-electron chi connectivity index (χ4n) is 1.44. The number of nitrogens with two attached hydrogens (primary N) is 1. The van der Waals surface area contributed by atoms with Crippen molar-refractivity contribution in [1.29, 1.82) is 0 Å². The van der Waals surface area contributed by atoms with Crippen LogP contribution in [0.15, 0.2) is 5.16 Å². The van der Waals surface area contributed by atoms with Gasteiger partial charge in [0.1, 0.15) is 5.82 Å². The lowest BCUT2D eigenvalue weighted by Gasteiger charge is -2.06. The van der Waals surface area contributed by atoms with Gasteiger partial charge in [-0.15, -0.1) is 10.2 Å². The number of hydrogen-bond acceptors (Lipinski definition) is 4. The van der Waals surface area contributed by atoms with E-state index in [9.17, 15) is 0 Å². The smallest absolute Gasteiger partial charge is 0.191 e. The summed E-state index contributed by atoms with van der Waals surface area (Å²) in [5, 5.41) is 9.35. The molecule has 14 heavy (non-hydrogen) atoms. The largest absolute Gasteiger partial charge is 0.324 e. The molecule has 1 aliphatic rings. The zero-order chi connectivity index (χ0) is 9.97. The van der Waals surface area contributed by atoms with E-state index in [0.29, 0.717) is 12.6 Å². The molecule has 1 saturated carbocycles. The minimum atomic E-state index is 0.496. The second-order valence-corrected chi connectivity index (χ2v) is 4.61. The van der Waals surface area contributed by atoms with E-state index >= 15 is 0 Å². The highest BCUT2D eigenvalue weighted by atomic mass is 32.2. The van der Waals surface area contributed by atoms with Crippen LogP contribution in [0.1, 0.15) is 38.1 Å². The third-order valence-corrected chi connectivity index (χ3v) is 3.41. The predicted molar refractivity (Wildman–Crippen MR) is 57.2 cm³/mol. The first-order chi connectivity index (χ1) is 6.86. The number of thioether (sulfide) groups is 1. The van der Waals surface area contributed by atoms with Crippen molar-refractivity contribution >= 4 is 11.8 Å². The molecule has 0 saturated heterocycles. The Balaban J connectivity index is 2.16. The van der Waals surface area contributed by atoms with Crippen LogP contribution in [0.5, 0.6) is 0 Å². The van der Waals surface area contributed by atoms with Gasteiger partial charge in [-0.05, 0) is 19.3 Å². The number of rotatable bonds is 5. The first kappa shape index (κ1) is 9.98. The topological polar surface area (TPSA) is 56.7 Å². The molecule has 78 valence electrons. The summed E-state index contributed by atoms with van der Waals surface area (Å²) in [5.74, 6) is 2.04. The number of nitrogens with zero attached hydrogens (tertiary/aromatic N) is 3. The van der Waals surface area contributed by atoms with Crippen LogP contribution in [0.3, 0.4) is 0 Å². The number of aromatic nitrogens is 3. The lowest BCUT2D eigenvalue weighted by Crippen LogP contribution is -2.08. The second kappa shape index (κ2) is 4.31. The highest BCUT2D eigenvalue weighted by molar-refractivity contribution is 7.99. The molecule has 1 fully saturated rings. The predicted octanol–water partition coefficient (Wildman–Crippen LogP) is 1.57. The average molecular weight is 212 g/mol. The van der Waals surface area contributed by atoms with Gasteiger partial charge in [0.25, 0.3) is 0 Å². The van der Waals surface area contributed by atoms with Gasteiger partial charge < -0.3 is 10.3 Å². The van der Waals surface area contributed by atoms with E-state index in [-0.39, 0.29) is 0 Å². The summed E-state index contributed by atoms with van der Waals surface area (Å²) in [6.07, 6.45) is 3.68. The molecule has 0 radical (unpaired) electrons. The molecule has 1 aliphatic carbocycles. The molecular weight excluding hydrogens is 196 g/mol. The Morgan fingerprint density at radius 3 is 2.86 bits per heavy atom. The third kappa shape index (κ3) is 1.93. The molecule has 0 amide bonds. The van der Waals surface area contributed by atoms with Crippen molar-refractivity contribution in [2.45, 2.75) is 43.9 Å². The monoisotopic (exact) mass is 212 g/mol. The van der Waals surface area contributed by atoms with E-state index < -0.39 is 0 Å². The van der Waals surface area contributed by atoms with Gasteiger partial charge in [0.15, 0.2) is 5.16 Å². The molecular formula is C9H16N4S. The molecule has 2 rings (SSSR count). The summed E-state index contributed by atoms with van der Waals surface area (Å²) in [4.78, 5) is 0. The van der Waals surface area contributed by atoms with Crippen LogP contribution in [0.2, 0.25) is 0 Å². The van der Waals surface area contributed by atoms with E-state index in [4.69, 9.17) is 5.73 Å². The third-order valence-electron chi connectivity index (χ3n) is 2.27. The summed E-state index contributed by atoms with van der Waals surface area (Å²) >= 11 is 1.79. The van der Waals surface area contributed by atoms with Crippen molar-refractivity contribution in [3.05, 3.63) is 5.82 Å². The molecule has 1 aromatic heterocycles. The summed E-state index contributed by atoms with van der Waals surface area (Å²) in [7, 11) is 0. The van der Waals surface area contributed by atoms with Crippen LogP contribution < -0.4 is 5.73 Å². The fourth-order valence-corrected chi connectivity index (χ4v) is 2.32. The van der Waals surface area contributed by atoms with Gasteiger partial charge in [-0.2, -0.15) is 0 Å². The molecule has 1 aromatic rings. The summed E-state index contributed by atoms with van der Waals surface area (Å²) < 4.78 is 2.22. The SMILES string of the molecule is CCCSc1nnc(CN)n1C1CC1. The Bertz CT molecular complexity index is 306. The minimum Gasteiger partial charge on any atom is -0.324 e. The molecule has 0 atom stereocenters. The highest BCUT2D eigenvalue weighted by Gasteiger charge is 2.28. The van der Waals surface area contributed by atoms with Crippen LogP contribution in [-0.2, 0) is 6.54 Å². The minimum absolute atomic E-state index is 0.496. The Labute approximate surface area is 88.3 Å². The molecule has 0 aliphatic heterocycles. The van der Waals surface area contributed by atoms with E-state index in [1.165, 1.54) is 19.3 Å². The van der Waals surface area contributed by atoms with Crippen molar-refractivity contribution in [3.8, 4) is 0 Å². The maximum atomic E-state index is 5.63. The zero-order valence-corrected chi connectivity index (χ0v) is 9.26. The maximum absolute atomic E-state index is 5.63. The molecule has 5 heteroatoms. The molecule has 0 unspecified atom stereocenters. The Morgan fingerprint density at radius 2 is 2.29 bits per heavy atom. The van der Waals surface area contributed by atoms with Crippen LogP contribution in [0.25, 0.3) is 0 Å². The lowest BCUT2D eigenvalue weighted by atomic mass is 10.5. The first-order valence-corrected chi connectivity index (χ1v) is 6.12. The van der Waals surface area contributed by atoms with Crippen LogP contribution in [-0.4, -0.2) is 20.5 Å². The fraction of sp³-hybridized carbons (Fsp3) is 0.778. The van der Waals surface area contributed by atoms with E-state index in [1.54, 1.807) is 11.8 Å². The highest BCUT2D eigenvalue weighted by Crippen LogP contribution is 2.38. The molecule has 1 heterocycles. The summed E-state index contributed by atoms with van der Waals surface area (Å²) in [6.45, 7) is 2.67. The van der Waals surface area contributed by atoms with Crippen molar-refractivity contribution in [2.75, 3.05) is 5.75 Å². The van der Waals surface area contributed by atoms with E-state index in [2.05, 4.69) is 21.7 Å². The van der Waals surface area contributed by atoms with Crippen LogP contribution >= 0.6 is 11.8 Å². The summed E-state index contributed by atoms with van der Waals surface area (Å²) in [5.41, 5.74) is 5.63.